The lowest BCUT2D eigenvalue weighted by atomic mass is 10.1. The van der Waals surface area contributed by atoms with Crippen LogP contribution in [0.4, 0.5) is 11.4 Å². The van der Waals surface area contributed by atoms with Crippen LogP contribution in [0.3, 0.4) is 0 Å². The van der Waals surface area contributed by atoms with Crippen molar-refractivity contribution in [1.29, 1.82) is 0 Å². The normalized spacial score (nSPS) is 10.2. The number of rotatable bonds is 6. The summed E-state index contributed by atoms with van der Waals surface area (Å²) in [5.74, 6) is 0.873. The van der Waals surface area contributed by atoms with Crippen molar-refractivity contribution in [3.63, 3.8) is 0 Å². The lowest BCUT2D eigenvalue weighted by molar-refractivity contribution is 0.415. The Kier molecular flexibility index (Phi) is 4.88. The number of hydrogen-bond acceptors (Lipinski definition) is 3. The fourth-order valence-electron chi connectivity index (χ4n) is 2.15. The van der Waals surface area contributed by atoms with E-state index in [4.69, 9.17) is 4.74 Å². The van der Waals surface area contributed by atoms with E-state index in [-0.39, 0.29) is 0 Å². The van der Waals surface area contributed by atoms with Gasteiger partial charge in [0.1, 0.15) is 5.75 Å². The molecule has 0 radical (unpaired) electrons. The number of anilines is 2. The Hall–Kier alpha value is -2.16. The van der Waals surface area contributed by atoms with Gasteiger partial charge in [-0.3, -0.25) is 0 Å². The Labute approximate surface area is 121 Å². The molecule has 20 heavy (non-hydrogen) atoms. The molecule has 2 rings (SSSR count). The smallest absolute Gasteiger partial charge is 0.120 e. The molecule has 2 N–H and O–H groups in total. The number of ether oxygens (including phenoxy) is 1. The number of nitrogens with one attached hydrogen (secondary N) is 2. The van der Waals surface area contributed by atoms with Crippen LogP contribution in [-0.2, 0) is 0 Å². The highest BCUT2D eigenvalue weighted by molar-refractivity contribution is 5.52. The third-order valence-corrected chi connectivity index (χ3v) is 3.22. The number of aryl methyl sites for hydroxylation is 2. The first-order valence-corrected chi connectivity index (χ1v) is 6.88. The zero-order valence-corrected chi connectivity index (χ0v) is 12.4. The van der Waals surface area contributed by atoms with E-state index in [9.17, 15) is 0 Å². The Morgan fingerprint density at radius 3 is 2.50 bits per heavy atom. The molecule has 0 heterocycles. The highest BCUT2D eigenvalue weighted by Crippen LogP contribution is 2.17. The number of methoxy groups -OCH3 is 1. The Balaban J connectivity index is 1.81. The van der Waals surface area contributed by atoms with Crippen molar-refractivity contribution in [3.05, 3.63) is 53.6 Å². The van der Waals surface area contributed by atoms with Gasteiger partial charge in [-0.2, -0.15) is 0 Å². The van der Waals surface area contributed by atoms with E-state index < -0.39 is 0 Å². The van der Waals surface area contributed by atoms with Gasteiger partial charge < -0.3 is 15.4 Å². The molecule has 0 atom stereocenters. The fourth-order valence-corrected chi connectivity index (χ4v) is 2.15. The minimum Gasteiger partial charge on any atom is -0.497 e. The summed E-state index contributed by atoms with van der Waals surface area (Å²) < 4.78 is 5.20. The van der Waals surface area contributed by atoms with E-state index in [1.165, 1.54) is 16.8 Å². The standard InChI is InChI=1S/C17H22N2O/c1-13-7-8-17(14(2)11-13)19-10-9-18-15-5-4-6-16(12-15)20-3/h4-8,11-12,18-19H,9-10H2,1-3H3. The first kappa shape index (κ1) is 14.3. The number of hydrogen-bond donors (Lipinski definition) is 2. The van der Waals surface area contributed by atoms with Gasteiger partial charge in [0, 0.05) is 30.5 Å². The van der Waals surface area contributed by atoms with Crippen molar-refractivity contribution >= 4 is 11.4 Å². The van der Waals surface area contributed by atoms with Crippen LogP contribution in [0.25, 0.3) is 0 Å². The second kappa shape index (κ2) is 6.85. The van der Waals surface area contributed by atoms with Gasteiger partial charge in [-0.25, -0.2) is 0 Å². The molecule has 0 fully saturated rings. The fraction of sp³-hybridized carbons (Fsp3) is 0.294. The zero-order valence-electron chi connectivity index (χ0n) is 12.4. The van der Waals surface area contributed by atoms with Gasteiger partial charge in [0.2, 0.25) is 0 Å². The highest BCUT2D eigenvalue weighted by atomic mass is 16.5. The molecule has 0 aliphatic carbocycles. The molecular weight excluding hydrogens is 248 g/mol. The van der Waals surface area contributed by atoms with E-state index in [1.807, 2.05) is 24.3 Å². The molecule has 0 aliphatic heterocycles. The lowest BCUT2D eigenvalue weighted by Crippen LogP contribution is -2.14. The summed E-state index contributed by atoms with van der Waals surface area (Å²) in [6.07, 6.45) is 0. The molecule has 2 aromatic rings. The van der Waals surface area contributed by atoms with Crippen molar-refractivity contribution in [3.8, 4) is 5.75 Å². The van der Waals surface area contributed by atoms with Gasteiger partial charge in [0.05, 0.1) is 7.11 Å². The summed E-state index contributed by atoms with van der Waals surface area (Å²) in [7, 11) is 1.68. The molecule has 0 saturated carbocycles. The second-order valence-corrected chi connectivity index (χ2v) is 4.90. The molecule has 106 valence electrons. The number of benzene rings is 2. The van der Waals surface area contributed by atoms with Crippen LogP contribution in [0.2, 0.25) is 0 Å². The van der Waals surface area contributed by atoms with Crippen molar-refractivity contribution < 1.29 is 4.74 Å². The molecule has 0 unspecified atom stereocenters. The maximum absolute atomic E-state index is 5.20. The van der Waals surface area contributed by atoms with Crippen molar-refractivity contribution in [2.75, 3.05) is 30.8 Å². The van der Waals surface area contributed by atoms with Crippen LogP contribution in [0.1, 0.15) is 11.1 Å². The van der Waals surface area contributed by atoms with Crippen LogP contribution in [0.5, 0.6) is 5.75 Å². The molecule has 0 aliphatic rings. The molecule has 3 heteroatoms. The van der Waals surface area contributed by atoms with Crippen molar-refractivity contribution in [2.24, 2.45) is 0 Å². The zero-order chi connectivity index (χ0) is 14.4. The molecule has 0 amide bonds. The van der Waals surface area contributed by atoms with Gasteiger partial charge in [0.25, 0.3) is 0 Å². The lowest BCUT2D eigenvalue weighted by Gasteiger charge is -2.12. The Morgan fingerprint density at radius 2 is 1.75 bits per heavy atom. The third kappa shape index (κ3) is 3.92. The first-order valence-electron chi connectivity index (χ1n) is 6.88. The SMILES string of the molecule is COc1cccc(NCCNc2ccc(C)cc2C)c1. The van der Waals surface area contributed by atoms with Gasteiger partial charge >= 0.3 is 0 Å². The van der Waals surface area contributed by atoms with Crippen LogP contribution in [0, 0.1) is 13.8 Å². The minimum absolute atomic E-state index is 0.862. The summed E-state index contributed by atoms with van der Waals surface area (Å²) in [6.45, 7) is 5.98. The Bertz CT molecular complexity index is 567. The summed E-state index contributed by atoms with van der Waals surface area (Å²) >= 11 is 0. The maximum atomic E-state index is 5.20. The van der Waals surface area contributed by atoms with E-state index in [0.29, 0.717) is 0 Å². The molecular formula is C17H22N2O. The summed E-state index contributed by atoms with van der Waals surface area (Å²) in [6, 6.07) is 14.4. The summed E-state index contributed by atoms with van der Waals surface area (Å²) in [5.41, 5.74) is 4.85. The first-order chi connectivity index (χ1) is 9.69. The maximum Gasteiger partial charge on any atom is 0.120 e. The third-order valence-electron chi connectivity index (χ3n) is 3.22. The van der Waals surface area contributed by atoms with E-state index in [0.717, 1.165) is 24.5 Å². The van der Waals surface area contributed by atoms with E-state index >= 15 is 0 Å². The average Bonchev–Trinajstić information content (AvgIpc) is 2.45. The quantitative estimate of drug-likeness (QED) is 0.783. The average molecular weight is 270 g/mol. The predicted molar refractivity (Wildman–Crippen MR) is 85.9 cm³/mol. The highest BCUT2D eigenvalue weighted by Gasteiger charge is 1.98. The molecule has 0 aromatic heterocycles. The topological polar surface area (TPSA) is 33.3 Å². The minimum atomic E-state index is 0.862. The van der Waals surface area contributed by atoms with Gasteiger partial charge in [-0.1, -0.05) is 23.8 Å². The molecule has 2 aromatic carbocycles. The van der Waals surface area contributed by atoms with Gasteiger partial charge in [-0.15, -0.1) is 0 Å². The van der Waals surface area contributed by atoms with E-state index in [1.54, 1.807) is 7.11 Å². The van der Waals surface area contributed by atoms with Crippen LogP contribution < -0.4 is 15.4 Å². The summed E-state index contributed by atoms with van der Waals surface area (Å²) in [5, 5.41) is 6.82. The van der Waals surface area contributed by atoms with Crippen LogP contribution in [-0.4, -0.2) is 20.2 Å². The van der Waals surface area contributed by atoms with Crippen LogP contribution >= 0.6 is 0 Å². The summed E-state index contributed by atoms with van der Waals surface area (Å²) in [4.78, 5) is 0. The molecule has 0 spiro atoms. The van der Waals surface area contributed by atoms with Crippen molar-refractivity contribution in [2.45, 2.75) is 13.8 Å². The molecule has 0 saturated heterocycles. The largest absolute Gasteiger partial charge is 0.497 e. The monoisotopic (exact) mass is 270 g/mol. The molecule has 0 bridgehead atoms. The van der Waals surface area contributed by atoms with E-state index in [2.05, 4.69) is 42.7 Å². The second-order valence-electron chi connectivity index (χ2n) is 4.90. The predicted octanol–water partition coefficient (Wildman–Crippen LogP) is 3.84. The van der Waals surface area contributed by atoms with Gasteiger partial charge in [-0.05, 0) is 37.6 Å². The molecule has 3 nitrogen and oxygen atoms in total. The van der Waals surface area contributed by atoms with Crippen LogP contribution in [0.15, 0.2) is 42.5 Å². The Morgan fingerprint density at radius 1 is 0.950 bits per heavy atom. The van der Waals surface area contributed by atoms with Crippen molar-refractivity contribution in [1.82, 2.24) is 0 Å². The van der Waals surface area contributed by atoms with Gasteiger partial charge in [0.15, 0.2) is 0 Å².